The van der Waals surface area contributed by atoms with Gasteiger partial charge in [0.15, 0.2) is 0 Å². The van der Waals surface area contributed by atoms with Crippen molar-refractivity contribution in [3.05, 3.63) is 34.7 Å². The molecule has 0 spiro atoms. The van der Waals surface area contributed by atoms with E-state index in [0.29, 0.717) is 15.8 Å². The van der Waals surface area contributed by atoms with E-state index in [1.807, 2.05) is 30.3 Å². The zero-order valence-corrected chi connectivity index (χ0v) is 13.9. The molecule has 1 aromatic rings. The molecule has 2 fully saturated rings. The minimum atomic E-state index is -0.0266. The highest BCUT2D eigenvalue weighted by atomic mass is 32.2. The van der Waals surface area contributed by atoms with Crippen LogP contribution in [0, 0.1) is 0 Å². The molecule has 0 saturated carbocycles. The van der Waals surface area contributed by atoms with Gasteiger partial charge in [-0.2, -0.15) is 0 Å². The minimum absolute atomic E-state index is 0.0266. The molecule has 22 heavy (non-hydrogen) atoms. The first-order valence-electron chi connectivity index (χ1n) is 7.18. The molecule has 0 radical (unpaired) electrons. The summed E-state index contributed by atoms with van der Waals surface area (Å²) in [5.74, 6) is 0.768. The third-order valence-corrected chi connectivity index (χ3v) is 5.08. The van der Waals surface area contributed by atoms with E-state index in [-0.39, 0.29) is 12.0 Å². The number of thiocarbonyl (C=S) groups is 1. The molecule has 0 bridgehead atoms. The summed E-state index contributed by atoms with van der Waals surface area (Å²) in [6.45, 7) is 1.34. The summed E-state index contributed by atoms with van der Waals surface area (Å²) in [4.78, 5) is 14.8. The lowest BCUT2D eigenvalue weighted by atomic mass is 10.2. The van der Waals surface area contributed by atoms with Crippen molar-refractivity contribution in [3.63, 3.8) is 0 Å². The third kappa shape index (κ3) is 3.34. The van der Waals surface area contributed by atoms with Gasteiger partial charge in [-0.05, 0) is 36.6 Å². The van der Waals surface area contributed by atoms with Crippen LogP contribution in [0.15, 0.2) is 29.2 Å². The number of ether oxygens (including phenoxy) is 2. The fourth-order valence-corrected chi connectivity index (χ4v) is 3.78. The lowest BCUT2D eigenvalue weighted by molar-refractivity contribution is -0.123. The maximum Gasteiger partial charge on any atom is 0.266 e. The van der Waals surface area contributed by atoms with E-state index in [1.165, 1.54) is 11.8 Å². The van der Waals surface area contributed by atoms with Gasteiger partial charge in [-0.15, -0.1) is 0 Å². The molecular weight excluding hydrogens is 318 g/mol. The van der Waals surface area contributed by atoms with Gasteiger partial charge in [-0.25, -0.2) is 0 Å². The van der Waals surface area contributed by atoms with E-state index < -0.39 is 0 Å². The van der Waals surface area contributed by atoms with E-state index in [0.717, 1.165) is 30.8 Å². The number of carbonyl (C=O) groups is 1. The van der Waals surface area contributed by atoms with Crippen LogP contribution in [0.4, 0.5) is 0 Å². The Bertz CT molecular complexity index is 606. The van der Waals surface area contributed by atoms with Crippen LogP contribution in [0.25, 0.3) is 6.08 Å². The maximum absolute atomic E-state index is 12.5. The molecule has 2 heterocycles. The summed E-state index contributed by atoms with van der Waals surface area (Å²) in [5, 5.41) is 0. The molecule has 1 aromatic carbocycles. The number of rotatable bonds is 4. The second kappa shape index (κ2) is 6.81. The first kappa shape index (κ1) is 15.5. The van der Waals surface area contributed by atoms with Gasteiger partial charge >= 0.3 is 0 Å². The molecule has 2 aliphatic heterocycles. The molecule has 0 aliphatic carbocycles. The second-order valence-corrected chi connectivity index (χ2v) is 6.88. The molecule has 3 rings (SSSR count). The molecule has 4 nitrogen and oxygen atoms in total. The first-order valence-corrected chi connectivity index (χ1v) is 8.41. The van der Waals surface area contributed by atoms with Crippen molar-refractivity contribution < 1.29 is 14.3 Å². The van der Waals surface area contributed by atoms with Crippen LogP contribution >= 0.6 is 24.0 Å². The molecule has 6 heteroatoms. The van der Waals surface area contributed by atoms with Crippen LogP contribution < -0.4 is 4.74 Å². The zero-order chi connectivity index (χ0) is 15.5. The van der Waals surface area contributed by atoms with E-state index >= 15 is 0 Å². The highest BCUT2D eigenvalue weighted by Crippen LogP contribution is 2.33. The van der Waals surface area contributed by atoms with Gasteiger partial charge in [-0.3, -0.25) is 9.69 Å². The van der Waals surface area contributed by atoms with Crippen LogP contribution in [0.1, 0.15) is 18.4 Å². The second-order valence-electron chi connectivity index (χ2n) is 5.20. The molecule has 0 N–H and O–H groups in total. The Morgan fingerprint density at radius 1 is 1.45 bits per heavy atom. The Hall–Kier alpha value is -1.37. The van der Waals surface area contributed by atoms with Crippen LogP contribution in [-0.2, 0) is 9.53 Å². The first-order chi connectivity index (χ1) is 10.7. The predicted molar refractivity (Wildman–Crippen MR) is 91.8 cm³/mol. The summed E-state index contributed by atoms with van der Waals surface area (Å²) in [7, 11) is 1.63. The Morgan fingerprint density at radius 2 is 2.23 bits per heavy atom. The molecule has 116 valence electrons. The largest absolute Gasteiger partial charge is 0.497 e. The summed E-state index contributed by atoms with van der Waals surface area (Å²) < 4.78 is 11.3. The zero-order valence-electron chi connectivity index (χ0n) is 12.3. The lowest BCUT2D eigenvalue weighted by Gasteiger charge is -2.18. The number of hydrogen-bond acceptors (Lipinski definition) is 5. The van der Waals surface area contributed by atoms with Gasteiger partial charge in [0.05, 0.1) is 24.7 Å². The van der Waals surface area contributed by atoms with Gasteiger partial charge < -0.3 is 9.47 Å². The smallest absolute Gasteiger partial charge is 0.266 e. The van der Waals surface area contributed by atoms with Crippen LogP contribution in [0.2, 0.25) is 0 Å². The molecular formula is C16H17NO3S2. The summed E-state index contributed by atoms with van der Waals surface area (Å²) >= 11 is 6.69. The Balaban J connectivity index is 1.72. The van der Waals surface area contributed by atoms with Gasteiger partial charge in [-0.1, -0.05) is 36.1 Å². The quantitative estimate of drug-likeness (QED) is 0.624. The molecule has 1 atom stereocenters. The number of methoxy groups -OCH3 is 1. The van der Waals surface area contributed by atoms with Crippen molar-refractivity contribution in [1.82, 2.24) is 4.90 Å². The number of benzene rings is 1. The van der Waals surface area contributed by atoms with Gasteiger partial charge in [0, 0.05) is 6.61 Å². The van der Waals surface area contributed by atoms with Crippen molar-refractivity contribution in [2.75, 3.05) is 20.3 Å². The highest BCUT2D eigenvalue weighted by molar-refractivity contribution is 8.26. The predicted octanol–water partition coefficient (Wildman–Crippen LogP) is 3.08. The standard InChI is InChI=1S/C16H17NO3S2/c1-19-12-6-4-11(5-7-12)9-14-15(18)17(16(21)22-14)10-13-3-2-8-20-13/h4-7,9,13H,2-3,8,10H2,1H3/b14-9-/t13-/m0/s1. The number of hydrogen-bond donors (Lipinski definition) is 0. The molecule has 0 unspecified atom stereocenters. The minimum Gasteiger partial charge on any atom is -0.497 e. The fraction of sp³-hybridized carbons (Fsp3) is 0.375. The third-order valence-electron chi connectivity index (χ3n) is 3.70. The van der Waals surface area contributed by atoms with Crippen molar-refractivity contribution in [3.8, 4) is 5.75 Å². The van der Waals surface area contributed by atoms with E-state index in [4.69, 9.17) is 21.7 Å². The molecule has 2 aliphatic rings. The number of carbonyl (C=O) groups excluding carboxylic acids is 1. The van der Waals surface area contributed by atoms with Gasteiger partial charge in [0.25, 0.3) is 5.91 Å². The van der Waals surface area contributed by atoms with Crippen molar-refractivity contribution in [2.45, 2.75) is 18.9 Å². The SMILES string of the molecule is COc1ccc(/C=C2\SC(=S)N(C[C@@H]3CCCO3)C2=O)cc1. The topological polar surface area (TPSA) is 38.8 Å². The normalized spacial score (nSPS) is 23.6. The van der Waals surface area contributed by atoms with E-state index in [2.05, 4.69) is 0 Å². The average molecular weight is 335 g/mol. The maximum atomic E-state index is 12.5. The Kier molecular flexibility index (Phi) is 4.81. The van der Waals surface area contributed by atoms with Crippen molar-refractivity contribution >= 4 is 40.3 Å². The number of amides is 1. The number of thioether (sulfide) groups is 1. The van der Waals surface area contributed by atoms with Crippen LogP contribution in [-0.4, -0.2) is 41.5 Å². The van der Waals surface area contributed by atoms with Crippen LogP contribution in [0.3, 0.4) is 0 Å². The molecule has 1 amide bonds. The van der Waals surface area contributed by atoms with Gasteiger partial charge in [0.1, 0.15) is 10.1 Å². The monoisotopic (exact) mass is 335 g/mol. The van der Waals surface area contributed by atoms with E-state index in [1.54, 1.807) is 12.0 Å². The van der Waals surface area contributed by atoms with Gasteiger partial charge in [0.2, 0.25) is 0 Å². The van der Waals surface area contributed by atoms with Crippen molar-refractivity contribution in [1.29, 1.82) is 0 Å². The highest BCUT2D eigenvalue weighted by Gasteiger charge is 2.34. The average Bonchev–Trinajstić information content (AvgIpc) is 3.13. The van der Waals surface area contributed by atoms with Crippen LogP contribution in [0.5, 0.6) is 5.75 Å². The number of nitrogens with zero attached hydrogens (tertiary/aromatic N) is 1. The summed E-state index contributed by atoms with van der Waals surface area (Å²) in [5.41, 5.74) is 0.957. The van der Waals surface area contributed by atoms with E-state index in [9.17, 15) is 4.79 Å². The summed E-state index contributed by atoms with van der Waals surface area (Å²) in [6.07, 6.45) is 4.03. The fourth-order valence-electron chi connectivity index (χ4n) is 2.50. The van der Waals surface area contributed by atoms with Crippen molar-refractivity contribution in [2.24, 2.45) is 0 Å². The molecule has 0 aromatic heterocycles. The Morgan fingerprint density at radius 3 is 2.86 bits per heavy atom. The summed E-state index contributed by atoms with van der Waals surface area (Å²) in [6, 6.07) is 7.59. The lowest BCUT2D eigenvalue weighted by Crippen LogP contribution is -2.35. The Labute approximate surface area is 139 Å². The molecule has 2 saturated heterocycles.